The molecule has 1 amide bonds. The summed E-state index contributed by atoms with van der Waals surface area (Å²) in [5.41, 5.74) is 4.95. The number of hydrazone groups is 1. The third-order valence-corrected chi connectivity index (χ3v) is 3.71. The number of hydrogen-bond acceptors (Lipinski definition) is 4. The minimum absolute atomic E-state index is 0.214. The molecule has 3 rings (SSSR count). The molecule has 2 heterocycles. The van der Waals surface area contributed by atoms with Crippen LogP contribution in [0.3, 0.4) is 0 Å². The minimum Gasteiger partial charge on any atom is -0.349 e. The molecule has 1 unspecified atom stereocenters. The molecule has 0 saturated heterocycles. The molecular weight excluding hydrogens is 252 g/mol. The van der Waals surface area contributed by atoms with E-state index in [-0.39, 0.29) is 11.0 Å². The van der Waals surface area contributed by atoms with E-state index < -0.39 is 5.85 Å². The van der Waals surface area contributed by atoms with Crippen molar-refractivity contribution in [3.05, 3.63) is 11.3 Å². The lowest BCUT2D eigenvalue weighted by molar-refractivity contribution is -0.141. The number of rotatable bonds is 0. The highest BCUT2D eigenvalue weighted by atomic mass is 32.1. The van der Waals surface area contributed by atoms with E-state index in [1.807, 2.05) is 0 Å². The molecule has 18 heavy (non-hydrogen) atoms. The van der Waals surface area contributed by atoms with Gasteiger partial charge in [0.25, 0.3) is 5.85 Å². The molecule has 0 aromatic heterocycles. The van der Waals surface area contributed by atoms with Gasteiger partial charge in [0.2, 0.25) is 5.91 Å². The molecule has 0 radical (unpaired) electrons. The van der Waals surface area contributed by atoms with Crippen LogP contribution in [0.2, 0.25) is 0 Å². The smallest absolute Gasteiger partial charge is 0.272 e. The molecule has 0 fully saturated rings. The topological polar surface area (TPSA) is 77.0 Å². The van der Waals surface area contributed by atoms with E-state index in [2.05, 4.69) is 15.8 Å². The van der Waals surface area contributed by atoms with E-state index in [0.29, 0.717) is 5.71 Å². The molecule has 0 bridgehead atoms. The lowest BCUT2D eigenvalue weighted by Crippen LogP contribution is -2.67. The van der Waals surface area contributed by atoms with Gasteiger partial charge in [-0.05, 0) is 37.9 Å². The van der Waals surface area contributed by atoms with Crippen LogP contribution in [0.1, 0.15) is 32.6 Å². The summed E-state index contributed by atoms with van der Waals surface area (Å²) in [6, 6.07) is 0. The molecule has 0 aromatic rings. The van der Waals surface area contributed by atoms with Crippen LogP contribution in [0.5, 0.6) is 0 Å². The first-order valence-corrected chi connectivity index (χ1v) is 6.37. The Morgan fingerprint density at radius 3 is 2.94 bits per heavy atom. The highest BCUT2D eigenvalue weighted by Crippen LogP contribution is 2.40. The molecule has 6 nitrogen and oxygen atoms in total. The molecule has 1 atom stereocenters. The zero-order chi connectivity index (χ0) is 12.9. The summed E-state index contributed by atoms with van der Waals surface area (Å²) in [4.78, 5) is 13.2. The lowest BCUT2D eigenvalue weighted by Gasteiger charge is -2.37. The van der Waals surface area contributed by atoms with Gasteiger partial charge < -0.3 is 10.4 Å². The molecule has 3 N–H and O–H groups in total. The van der Waals surface area contributed by atoms with E-state index >= 15 is 0 Å². The van der Waals surface area contributed by atoms with Crippen LogP contribution in [0, 0.1) is 0 Å². The number of amides is 1. The molecule has 0 aromatic carbocycles. The number of fused-ring (bicyclic) bond motifs is 2. The number of aliphatic hydroxyl groups is 1. The van der Waals surface area contributed by atoms with Crippen molar-refractivity contribution >= 4 is 28.9 Å². The summed E-state index contributed by atoms with van der Waals surface area (Å²) in [5.74, 6) is -1.82. The summed E-state index contributed by atoms with van der Waals surface area (Å²) < 4.78 is 0. The molecule has 96 valence electrons. The second-order valence-electron chi connectivity index (χ2n) is 4.69. The van der Waals surface area contributed by atoms with E-state index in [0.717, 1.165) is 37.0 Å². The maximum atomic E-state index is 11.8. The van der Waals surface area contributed by atoms with Gasteiger partial charge in [0.05, 0.1) is 0 Å². The van der Waals surface area contributed by atoms with Crippen molar-refractivity contribution in [3.63, 3.8) is 0 Å². The third kappa shape index (κ3) is 1.40. The quantitative estimate of drug-likeness (QED) is 0.544. The molecule has 0 saturated carbocycles. The fraction of sp³-hybridized carbons (Fsp3) is 0.545. The number of nitrogens with one attached hydrogen (secondary N) is 2. The van der Waals surface area contributed by atoms with Crippen LogP contribution in [0.15, 0.2) is 16.4 Å². The largest absolute Gasteiger partial charge is 0.349 e. The van der Waals surface area contributed by atoms with Crippen molar-refractivity contribution in [1.29, 1.82) is 0 Å². The number of thiocarbonyl (C=S) groups is 1. The lowest BCUT2D eigenvalue weighted by atomic mass is 9.95. The van der Waals surface area contributed by atoms with Crippen LogP contribution in [-0.2, 0) is 4.79 Å². The van der Waals surface area contributed by atoms with Crippen molar-refractivity contribution in [3.8, 4) is 0 Å². The monoisotopic (exact) mass is 266 g/mol. The van der Waals surface area contributed by atoms with Crippen LogP contribution in [-0.4, -0.2) is 32.6 Å². The molecule has 1 aliphatic carbocycles. The van der Waals surface area contributed by atoms with E-state index in [9.17, 15) is 9.90 Å². The Hall–Kier alpha value is -1.47. The zero-order valence-corrected chi connectivity index (χ0v) is 10.8. The minimum atomic E-state index is -1.61. The van der Waals surface area contributed by atoms with Gasteiger partial charge in [-0.2, -0.15) is 5.10 Å². The Kier molecular flexibility index (Phi) is 2.43. The third-order valence-electron chi connectivity index (χ3n) is 3.52. The average Bonchev–Trinajstić information content (AvgIpc) is 2.55. The number of hydrogen-bond donors (Lipinski definition) is 3. The van der Waals surface area contributed by atoms with Crippen molar-refractivity contribution in [2.24, 2.45) is 5.10 Å². The standard InChI is InChI=1S/C11H14N4O2S/c1-6(16)15-8-5-3-2-4-7(8)9-11(15,17)12-10(18)14-13-9/h17H,2-5H2,1H3,(H2,12,14,18). The average molecular weight is 266 g/mol. The summed E-state index contributed by atoms with van der Waals surface area (Å²) in [6.07, 6.45) is 3.68. The van der Waals surface area contributed by atoms with Gasteiger partial charge in [-0.3, -0.25) is 15.1 Å². The maximum Gasteiger partial charge on any atom is 0.272 e. The molecule has 3 aliphatic rings. The van der Waals surface area contributed by atoms with E-state index in [1.54, 1.807) is 0 Å². The number of allylic oxidation sites excluding steroid dienone is 1. The zero-order valence-electron chi connectivity index (χ0n) is 9.99. The second-order valence-corrected chi connectivity index (χ2v) is 5.09. The van der Waals surface area contributed by atoms with Crippen molar-refractivity contribution in [2.45, 2.75) is 38.5 Å². The normalized spacial score (nSPS) is 30.2. The van der Waals surface area contributed by atoms with Gasteiger partial charge in [-0.15, -0.1) is 0 Å². The number of nitrogens with zero attached hydrogens (tertiary/aromatic N) is 2. The molecule has 2 aliphatic heterocycles. The second kappa shape index (κ2) is 3.76. The van der Waals surface area contributed by atoms with Gasteiger partial charge in [0.15, 0.2) is 5.11 Å². The Labute approximate surface area is 110 Å². The summed E-state index contributed by atoms with van der Waals surface area (Å²) in [7, 11) is 0. The SMILES string of the molecule is CC(=O)N1C2=C(CCCC2)C2=NNC(=S)NC21O. The Bertz CT molecular complexity index is 513. The Morgan fingerprint density at radius 1 is 1.50 bits per heavy atom. The van der Waals surface area contributed by atoms with Gasteiger partial charge in [0, 0.05) is 18.2 Å². The number of carbonyl (C=O) groups excluding carboxylic acids is 1. The number of carbonyl (C=O) groups is 1. The molecular formula is C11H14N4O2S. The van der Waals surface area contributed by atoms with Crippen LogP contribution >= 0.6 is 12.2 Å². The first-order valence-electron chi connectivity index (χ1n) is 5.96. The first-order chi connectivity index (χ1) is 8.54. The van der Waals surface area contributed by atoms with Crippen molar-refractivity contribution in [2.75, 3.05) is 0 Å². The van der Waals surface area contributed by atoms with Gasteiger partial charge in [-0.25, -0.2) is 0 Å². The van der Waals surface area contributed by atoms with Gasteiger partial charge in [-0.1, -0.05) is 0 Å². The molecule has 0 spiro atoms. The summed E-state index contributed by atoms with van der Waals surface area (Å²) in [6.45, 7) is 1.44. The fourth-order valence-electron chi connectivity index (χ4n) is 2.87. The fourth-order valence-corrected chi connectivity index (χ4v) is 3.06. The van der Waals surface area contributed by atoms with E-state index in [4.69, 9.17) is 12.2 Å². The van der Waals surface area contributed by atoms with E-state index in [1.165, 1.54) is 11.8 Å². The van der Waals surface area contributed by atoms with Gasteiger partial charge >= 0.3 is 0 Å². The summed E-state index contributed by atoms with van der Waals surface area (Å²) >= 11 is 4.96. The highest BCUT2D eigenvalue weighted by molar-refractivity contribution is 7.80. The highest BCUT2D eigenvalue weighted by Gasteiger charge is 2.54. The van der Waals surface area contributed by atoms with Crippen molar-refractivity contribution in [1.82, 2.24) is 15.6 Å². The van der Waals surface area contributed by atoms with Crippen LogP contribution in [0.4, 0.5) is 0 Å². The van der Waals surface area contributed by atoms with Crippen LogP contribution in [0.25, 0.3) is 0 Å². The predicted octanol–water partition coefficient (Wildman–Crippen LogP) is 0.156. The Morgan fingerprint density at radius 2 is 2.22 bits per heavy atom. The first kappa shape index (κ1) is 11.6. The summed E-state index contributed by atoms with van der Waals surface area (Å²) in [5, 5.41) is 17.8. The van der Waals surface area contributed by atoms with Crippen molar-refractivity contribution < 1.29 is 9.90 Å². The predicted molar refractivity (Wildman–Crippen MR) is 69.3 cm³/mol. The Balaban J connectivity index is 2.15. The van der Waals surface area contributed by atoms with Gasteiger partial charge in [0.1, 0.15) is 5.71 Å². The molecule has 7 heteroatoms. The van der Waals surface area contributed by atoms with Crippen LogP contribution < -0.4 is 10.7 Å². The maximum absolute atomic E-state index is 11.8.